The van der Waals surface area contributed by atoms with Crippen molar-refractivity contribution >= 4 is 0 Å². The molecule has 3 heteroatoms. The van der Waals surface area contributed by atoms with Gasteiger partial charge in [-0.1, -0.05) is 36.4 Å². The average Bonchev–Trinajstić information content (AvgIpc) is 2.40. The molecule has 0 bridgehead atoms. The van der Waals surface area contributed by atoms with E-state index in [1.807, 2.05) is 48.5 Å². The molecule has 0 spiro atoms. The Labute approximate surface area is 101 Å². The topological polar surface area (TPSA) is 48.1 Å². The zero-order chi connectivity index (χ0) is 12.1. The second-order valence-electron chi connectivity index (χ2n) is 3.89. The fraction of sp³-hybridized carbons (Fsp3) is 0.214. The Hall–Kier alpha value is -1.87. The molecule has 0 aliphatic carbocycles. The van der Waals surface area contributed by atoms with Gasteiger partial charge in [-0.2, -0.15) is 0 Å². The molecule has 88 valence electrons. The van der Waals surface area contributed by atoms with E-state index >= 15 is 0 Å². The maximum atomic E-state index is 6.14. The minimum atomic E-state index is -0.0317. The number of pyridine rings is 1. The zero-order valence-electron chi connectivity index (χ0n) is 9.84. The van der Waals surface area contributed by atoms with Crippen molar-refractivity contribution in [2.75, 3.05) is 7.11 Å². The summed E-state index contributed by atoms with van der Waals surface area (Å²) in [6.07, 6.45) is 0.710. The van der Waals surface area contributed by atoms with Crippen molar-refractivity contribution in [3.05, 3.63) is 59.8 Å². The van der Waals surface area contributed by atoms with Crippen molar-refractivity contribution < 1.29 is 4.74 Å². The van der Waals surface area contributed by atoms with Gasteiger partial charge >= 0.3 is 0 Å². The van der Waals surface area contributed by atoms with Gasteiger partial charge in [0.15, 0.2) is 0 Å². The highest BCUT2D eigenvalue weighted by molar-refractivity contribution is 5.22. The summed E-state index contributed by atoms with van der Waals surface area (Å²) in [6, 6.07) is 15.7. The van der Waals surface area contributed by atoms with Crippen LogP contribution >= 0.6 is 0 Å². The molecule has 0 radical (unpaired) electrons. The molecule has 1 unspecified atom stereocenters. The number of hydrogen-bond acceptors (Lipinski definition) is 3. The first-order chi connectivity index (χ1) is 8.29. The van der Waals surface area contributed by atoms with Crippen molar-refractivity contribution in [2.24, 2.45) is 5.73 Å². The summed E-state index contributed by atoms with van der Waals surface area (Å²) in [7, 11) is 1.61. The molecule has 2 rings (SSSR count). The lowest BCUT2D eigenvalue weighted by molar-refractivity contribution is 0.396. The molecule has 17 heavy (non-hydrogen) atoms. The number of nitrogens with two attached hydrogens (primary N) is 1. The van der Waals surface area contributed by atoms with E-state index in [4.69, 9.17) is 10.5 Å². The maximum Gasteiger partial charge on any atom is 0.213 e. The van der Waals surface area contributed by atoms with Gasteiger partial charge in [0.05, 0.1) is 7.11 Å². The standard InChI is InChI=1S/C14H16N2O/c1-17-14-9-5-8-12(16-14)10-13(15)11-6-3-2-4-7-11/h2-9,13H,10,15H2,1H3. The number of nitrogens with zero attached hydrogens (tertiary/aromatic N) is 1. The second kappa shape index (κ2) is 5.46. The number of rotatable bonds is 4. The van der Waals surface area contributed by atoms with Crippen molar-refractivity contribution in [3.63, 3.8) is 0 Å². The van der Waals surface area contributed by atoms with Crippen LogP contribution in [0.3, 0.4) is 0 Å². The Morgan fingerprint density at radius 2 is 1.88 bits per heavy atom. The summed E-state index contributed by atoms with van der Waals surface area (Å²) in [5.74, 6) is 0.628. The summed E-state index contributed by atoms with van der Waals surface area (Å²) < 4.78 is 5.09. The number of ether oxygens (including phenoxy) is 1. The fourth-order valence-corrected chi connectivity index (χ4v) is 1.73. The molecule has 0 amide bonds. The molecular formula is C14H16N2O. The van der Waals surface area contributed by atoms with Crippen LogP contribution in [-0.4, -0.2) is 12.1 Å². The minimum Gasteiger partial charge on any atom is -0.481 e. The lowest BCUT2D eigenvalue weighted by Crippen LogP contribution is -2.14. The first kappa shape index (κ1) is 11.6. The highest BCUT2D eigenvalue weighted by Gasteiger charge is 2.07. The van der Waals surface area contributed by atoms with E-state index in [-0.39, 0.29) is 6.04 Å². The summed E-state index contributed by atoms with van der Waals surface area (Å²) in [5, 5.41) is 0. The Morgan fingerprint density at radius 3 is 2.59 bits per heavy atom. The van der Waals surface area contributed by atoms with Crippen LogP contribution in [0.5, 0.6) is 5.88 Å². The molecule has 0 saturated carbocycles. The van der Waals surface area contributed by atoms with Gasteiger partial charge in [-0.25, -0.2) is 4.98 Å². The summed E-state index contributed by atoms with van der Waals surface area (Å²) >= 11 is 0. The van der Waals surface area contributed by atoms with Gasteiger partial charge in [0.2, 0.25) is 5.88 Å². The Morgan fingerprint density at radius 1 is 1.12 bits per heavy atom. The normalized spacial score (nSPS) is 12.1. The van der Waals surface area contributed by atoms with Crippen LogP contribution in [0.15, 0.2) is 48.5 Å². The Kier molecular flexibility index (Phi) is 3.73. The number of hydrogen-bond donors (Lipinski definition) is 1. The number of methoxy groups -OCH3 is 1. The number of benzene rings is 1. The first-order valence-corrected chi connectivity index (χ1v) is 5.60. The molecule has 0 fully saturated rings. The molecule has 2 aromatic rings. The third kappa shape index (κ3) is 3.04. The van der Waals surface area contributed by atoms with Crippen LogP contribution in [0.2, 0.25) is 0 Å². The van der Waals surface area contributed by atoms with Crippen molar-refractivity contribution in [1.82, 2.24) is 4.98 Å². The van der Waals surface area contributed by atoms with E-state index in [0.29, 0.717) is 12.3 Å². The van der Waals surface area contributed by atoms with Gasteiger partial charge in [0, 0.05) is 24.2 Å². The largest absolute Gasteiger partial charge is 0.481 e. The predicted molar refractivity (Wildman–Crippen MR) is 67.9 cm³/mol. The highest BCUT2D eigenvalue weighted by Crippen LogP contribution is 2.16. The first-order valence-electron chi connectivity index (χ1n) is 5.60. The molecule has 0 aliphatic heterocycles. The van der Waals surface area contributed by atoms with E-state index in [1.54, 1.807) is 7.11 Å². The molecular weight excluding hydrogens is 212 g/mol. The SMILES string of the molecule is COc1cccc(CC(N)c2ccccc2)n1. The quantitative estimate of drug-likeness (QED) is 0.873. The van der Waals surface area contributed by atoms with E-state index in [0.717, 1.165) is 11.3 Å². The van der Waals surface area contributed by atoms with Crippen molar-refractivity contribution in [3.8, 4) is 5.88 Å². The van der Waals surface area contributed by atoms with Gasteiger partial charge in [-0.3, -0.25) is 0 Å². The molecule has 0 aliphatic rings. The third-order valence-corrected chi connectivity index (χ3v) is 2.65. The highest BCUT2D eigenvalue weighted by atomic mass is 16.5. The molecule has 1 aromatic heterocycles. The molecule has 2 N–H and O–H groups in total. The Balaban J connectivity index is 2.10. The van der Waals surface area contributed by atoms with Crippen LogP contribution in [0.25, 0.3) is 0 Å². The second-order valence-corrected chi connectivity index (χ2v) is 3.89. The van der Waals surface area contributed by atoms with Crippen LogP contribution < -0.4 is 10.5 Å². The van der Waals surface area contributed by atoms with Crippen LogP contribution in [-0.2, 0) is 6.42 Å². The van der Waals surface area contributed by atoms with Gasteiger partial charge in [0.1, 0.15) is 0 Å². The van der Waals surface area contributed by atoms with E-state index in [1.165, 1.54) is 0 Å². The third-order valence-electron chi connectivity index (χ3n) is 2.65. The van der Waals surface area contributed by atoms with Gasteiger partial charge < -0.3 is 10.5 Å². The number of aromatic nitrogens is 1. The van der Waals surface area contributed by atoms with Crippen LogP contribution in [0.4, 0.5) is 0 Å². The lowest BCUT2D eigenvalue weighted by Gasteiger charge is -2.11. The van der Waals surface area contributed by atoms with Crippen molar-refractivity contribution in [2.45, 2.75) is 12.5 Å². The molecule has 3 nitrogen and oxygen atoms in total. The molecule has 1 atom stereocenters. The summed E-state index contributed by atoms with van der Waals surface area (Å²) in [5.41, 5.74) is 8.21. The predicted octanol–water partition coefficient (Wildman–Crippen LogP) is 2.33. The van der Waals surface area contributed by atoms with E-state index in [9.17, 15) is 0 Å². The van der Waals surface area contributed by atoms with Gasteiger partial charge in [0.25, 0.3) is 0 Å². The van der Waals surface area contributed by atoms with Gasteiger partial charge in [-0.05, 0) is 11.6 Å². The van der Waals surface area contributed by atoms with E-state index in [2.05, 4.69) is 4.98 Å². The summed E-state index contributed by atoms with van der Waals surface area (Å²) in [4.78, 5) is 4.35. The van der Waals surface area contributed by atoms with Crippen molar-refractivity contribution in [1.29, 1.82) is 0 Å². The molecule has 0 saturated heterocycles. The smallest absolute Gasteiger partial charge is 0.213 e. The molecule has 1 heterocycles. The monoisotopic (exact) mass is 228 g/mol. The van der Waals surface area contributed by atoms with Gasteiger partial charge in [-0.15, -0.1) is 0 Å². The zero-order valence-corrected chi connectivity index (χ0v) is 9.84. The van der Waals surface area contributed by atoms with Crippen LogP contribution in [0.1, 0.15) is 17.3 Å². The summed E-state index contributed by atoms with van der Waals surface area (Å²) in [6.45, 7) is 0. The maximum absolute atomic E-state index is 6.14. The van der Waals surface area contributed by atoms with Crippen LogP contribution in [0, 0.1) is 0 Å². The lowest BCUT2D eigenvalue weighted by atomic mass is 10.0. The minimum absolute atomic E-state index is 0.0317. The van der Waals surface area contributed by atoms with E-state index < -0.39 is 0 Å². The molecule has 1 aromatic carbocycles. The Bertz CT molecular complexity index is 471. The average molecular weight is 228 g/mol. The fourth-order valence-electron chi connectivity index (χ4n) is 1.73.